The van der Waals surface area contributed by atoms with Gasteiger partial charge in [0.1, 0.15) is 12.4 Å². The molecule has 3 aromatic carbocycles. The molecule has 0 aliphatic carbocycles. The third-order valence-electron chi connectivity index (χ3n) is 6.16. The highest BCUT2D eigenvalue weighted by atomic mass is 16.5. The average molecular weight is 528 g/mol. The van der Waals surface area contributed by atoms with Crippen LogP contribution < -0.4 is 19.5 Å². The van der Waals surface area contributed by atoms with Gasteiger partial charge < -0.3 is 19.5 Å². The maximum atomic E-state index is 12.9. The van der Waals surface area contributed by atoms with E-state index in [0.29, 0.717) is 43.4 Å². The highest BCUT2D eigenvalue weighted by Crippen LogP contribution is 2.29. The SMILES string of the molecule is CCOc1ccc(Cn2cc(NC(=O)c3cccc(COc4ccc(C(C)(C)C)cc4)c3)cn2)cc1OCC. The fourth-order valence-corrected chi connectivity index (χ4v) is 4.12. The van der Waals surface area contributed by atoms with Gasteiger partial charge in [0.05, 0.1) is 31.6 Å². The second-order valence-electron chi connectivity index (χ2n) is 10.3. The molecule has 7 heteroatoms. The lowest BCUT2D eigenvalue weighted by Crippen LogP contribution is -2.12. The van der Waals surface area contributed by atoms with Crippen LogP contribution in [0.3, 0.4) is 0 Å². The van der Waals surface area contributed by atoms with Crippen LogP contribution in [0.25, 0.3) is 0 Å². The zero-order chi connectivity index (χ0) is 27.8. The summed E-state index contributed by atoms with van der Waals surface area (Å²) in [5.41, 5.74) is 4.46. The van der Waals surface area contributed by atoms with Gasteiger partial charge in [0.15, 0.2) is 11.5 Å². The zero-order valence-electron chi connectivity index (χ0n) is 23.4. The molecule has 4 aromatic rings. The van der Waals surface area contributed by atoms with Crippen molar-refractivity contribution in [2.24, 2.45) is 0 Å². The molecular formula is C32H37N3O4. The number of ether oxygens (including phenoxy) is 3. The fourth-order valence-electron chi connectivity index (χ4n) is 4.12. The van der Waals surface area contributed by atoms with E-state index in [-0.39, 0.29) is 11.3 Å². The van der Waals surface area contributed by atoms with Crippen LogP contribution in [0.5, 0.6) is 17.2 Å². The molecule has 0 radical (unpaired) electrons. The second kappa shape index (κ2) is 12.5. The molecule has 0 unspecified atom stereocenters. The van der Waals surface area contributed by atoms with Crippen LogP contribution in [0.15, 0.2) is 79.1 Å². The Hall–Kier alpha value is -4.26. The molecule has 204 valence electrons. The molecule has 1 amide bonds. The number of carbonyl (C=O) groups is 1. The number of aromatic nitrogens is 2. The van der Waals surface area contributed by atoms with Crippen LogP contribution in [0.1, 0.15) is 61.7 Å². The summed E-state index contributed by atoms with van der Waals surface area (Å²) in [5, 5.41) is 7.34. The van der Waals surface area contributed by atoms with Crippen molar-refractivity contribution in [3.8, 4) is 17.2 Å². The summed E-state index contributed by atoms with van der Waals surface area (Å²) < 4.78 is 19.1. The lowest BCUT2D eigenvalue weighted by molar-refractivity contribution is 0.102. The van der Waals surface area contributed by atoms with E-state index in [4.69, 9.17) is 14.2 Å². The largest absolute Gasteiger partial charge is 0.490 e. The van der Waals surface area contributed by atoms with E-state index >= 15 is 0 Å². The number of anilines is 1. The van der Waals surface area contributed by atoms with Gasteiger partial charge in [-0.1, -0.05) is 51.1 Å². The Morgan fingerprint density at radius 1 is 0.872 bits per heavy atom. The lowest BCUT2D eigenvalue weighted by Gasteiger charge is -2.19. The molecule has 39 heavy (non-hydrogen) atoms. The first-order valence-electron chi connectivity index (χ1n) is 13.3. The van der Waals surface area contributed by atoms with E-state index in [1.165, 1.54) is 5.56 Å². The highest BCUT2D eigenvalue weighted by molar-refractivity contribution is 6.04. The maximum Gasteiger partial charge on any atom is 0.255 e. The fraction of sp³-hybridized carbons (Fsp3) is 0.312. The molecule has 0 spiro atoms. The van der Waals surface area contributed by atoms with Gasteiger partial charge in [-0.05, 0) is 72.4 Å². The van der Waals surface area contributed by atoms with Crippen LogP contribution in [0, 0.1) is 0 Å². The number of carbonyl (C=O) groups excluding carboxylic acids is 1. The maximum absolute atomic E-state index is 12.9. The summed E-state index contributed by atoms with van der Waals surface area (Å²) in [5.74, 6) is 2.03. The van der Waals surface area contributed by atoms with Crippen molar-refractivity contribution in [1.82, 2.24) is 9.78 Å². The average Bonchev–Trinajstić information content (AvgIpc) is 3.35. The first-order valence-corrected chi connectivity index (χ1v) is 13.3. The number of nitrogens with zero attached hydrogens (tertiary/aromatic N) is 2. The van der Waals surface area contributed by atoms with Crippen LogP contribution >= 0.6 is 0 Å². The molecule has 7 nitrogen and oxygen atoms in total. The standard InChI is InChI=1S/C32H37N3O4/c1-6-37-29-16-11-23(18-30(29)38-7-2)20-35-21-27(19-33-35)34-31(36)25-10-8-9-24(17-25)22-39-28-14-12-26(13-15-28)32(3,4)5/h8-19,21H,6-7,20,22H2,1-5H3,(H,34,36). The van der Waals surface area contributed by atoms with Crippen molar-refractivity contribution in [3.05, 3.63) is 101 Å². The van der Waals surface area contributed by atoms with E-state index in [1.54, 1.807) is 16.9 Å². The van der Waals surface area contributed by atoms with Gasteiger partial charge in [0.25, 0.3) is 5.91 Å². The summed E-state index contributed by atoms with van der Waals surface area (Å²) in [6.45, 7) is 12.5. The number of rotatable bonds is 11. The predicted octanol–water partition coefficient (Wildman–Crippen LogP) is 6.86. The minimum atomic E-state index is -0.203. The van der Waals surface area contributed by atoms with Crippen molar-refractivity contribution in [2.75, 3.05) is 18.5 Å². The highest BCUT2D eigenvalue weighted by Gasteiger charge is 2.14. The lowest BCUT2D eigenvalue weighted by atomic mass is 9.87. The Labute approximate surface area is 230 Å². The van der Waals surface area contributed by atoms with Crippen LogP contribution in [-0.4, -0.2) is 28.9 Å². The minimum Gasteiger partial charge on any atom is -0.490 e. The monoisotopic (exact) mass is 527 g/mol. The molecule has 0 bridgehead atoms. The molecular weight excluding hydrogens is 490 g/mol. The molecule has 0 atom stereocenters. The van der Waals surface area contributed by atoms with E-state index in [9.17, 15) is 4.79 Å². The van der Waals surface area contributed by atoms with Crippen LogP contribution in [-0.2, 0) is 18.6 Å². The predicted molar refractivity (Wildman–Crippen MR) is 154 cm³/mol. The molecule has 0 aliphatic heterocycles. The van der Waals surface area contributed by atoms with Crippen molar-refractivity contribution in [2.45, 2.75) is 53.2 Å². The Morgan fingerprint density at radius 2 is 1.62 bits per heavy atom. The molecule has 0 saturated heterocycles. The van der Waals surface area contributed by atoms with E-state index in [1.807, 2.05) is 68.6 Å². The first-order chi connectivity index (χ1) is 18.7. The summed E-state index contributed by atoms with van der Waals surface area (Å²) in [7, 11) is 0. The second-order valence-corrected chi connectivity index (χ2v) is 10.3. The number of hydrogen-bond donors (Lipinski definition) is 1. The quantitative estimate of drug-likeness (QED) is 0.231. The van der Waals surface area contributed by atoms with E-state index in [0.717, 1.165) is 22.6 Å². The minimum absolute atomic E-state index is 0.0964. The number of amides is 1. The zero-order valence-corrected chi connectivity index (χ0v) is 23.4. The van der Waals surface area contributed by atoms with Crippen molar-refractivity contribution in [3.63, 3.8) is 0 Å². The Kier molecular flexibility index (Phi) is 8.92. The van der Waals surface area contributed by atoms with Gasteiger partial charge in [-0.3, -0.25) is 9.48 Å². The van der Waals surface area contributed by atoms with Gasteiger partial charge in [0.2, 0.25) is 0 Å². The number of benzene rings is 3. The number of nitrogens with one attached hydrogen (secondary N) is 1. The van der Waals surface area contributed by atoms with Crippen molar-refractivity contribution >= 4 is 11.6 Å². The summed E-state index contributed by atoms with van der Waals surface area (Å²) >= 11 is 0. The molecule has 0 aliphatic rings. The van der Waals surface area contributed by atoms with Gasteiger partial charge in [-0.15, -0.1) is 0 Å². The molecule has 0 fully saturated rings. The number of hydrogen-bond acceptors (Lipinski definition) is 5. The molecule has 1 heterocycles. The van der Waals surface area contributed by atoms with Crippen LogP contribution in [0.2, 0.25) is 0 Å². The topological polar surface area (TPSA) is 74.6 Å². The van der Waals surface area contributed by atoms with Gasteiger partial charge in [-0.25, -0.2) is 0 Å². The molecule has 4 rings (SSSR count). The van der Waals surface area contributed by atoms with Gasteiger partial charge >= 0.3 is 0 Å². The smallest absolute Gasteiger partial charge is 0.255 e. The Bertz CT molecular complexity index is 1390. The first kappa shape index (κ1) is 27.8. The van der Waals surface area contributed by atoms with Crippen molar-refractivity contribution < 1.29 is 19.0 Å². The Balaban J connectivity index is 1.35. The molecule has 1 N–H and O–H groups in total. The third-order valence-corrected chi connectivity index (χ3v) is 6.16. The summed E-state index contributed by atoms with van der Waals surface area (Å²) in [4.78, 5) is 12.9. The van der Waals surface area contributed by atoms with Crippen molar-refractivity contribution in [1.29, 1.82) is 0 Å². The molecule has 0 saturated carbocycles. The summed E-state index contributed by atoms with van der Waals surface area (Å²) in [6, 6.07) is 21.5. The molecule has 1 aromatic heterocycles. The normalized spacial score (nSPS) is 11.2. The van der Waals surface area contributed by atoms with Crippen LogP contribution in [0.4, 0.5) is 5.69 Å². The Morgan fingerprint density at radius 3 is 2.33 bits per heavy atom. The van der Waals surface area contributed by atoms with E-state index < -0.39 is 0 Å². The van der Waals surface area contributed by atoms with Gasteiger partial charge in [0, 0.05) is 11.8 Å². The third kappa shape index (κ3) is 7.63. The van der Waals surface area contributed by atoms with Gasteiger partial charge in [-0.2, -0.15) is 5.10 Å². The summed E-state index contributed by atoms with van der Waals surface area (Å²) in [6.07, 6.45) is 3.45. The van der Waals surface area contributed by atoms with E-state index in [2.05, 4.69) is 43.3 Å².